The molecule has 1 amide bonds. The number of halogens is 1. The van der Waals surface area contributed by atoms with Crippen LogP contribution in [0.15, 0.2) is 40.9 Å². The van der Waals surface area contributed by atoms with Crippen LogP contribution in [0.5, 0.6) is 5.75 Å². The Morgan fingerprint density at radius 1 is 1.19 bits per heavy atom. The van der Waals surface area contributed by atoms with E-state index in [1.165, 1.54) is 16.7 Å². The van der Waals surface area contributed by atoms with Crippen LogP contribution in [0.25, 0.3) is 0 Å². The Labute approximate surface area is 165 Å². The number of benzene rings is 2. The average molecular weight is 418 g/mol. The van der Waals surface area contributed by atoms with E-state index in [-0.39, 0.29) is 5.91 Å². The molecule has 140 valence electrons. The Balaban J connectivity index is 1.77. The highest BCUT2D eigenvalue weighted by Gasteiger charge is 2.07. The minimum absolute atomic E-state index is 0.00452. The Morgan fingerprint density at radius 3 is 2.58 bits per heavy atom. The van der Waals surface area contributed by atoms with E-state index in [4.69, 9.17) is 4.74 Å². The first-order chi connectivity index (χ1) is 12.4. The molecule has 26 heavy (non-hydrogen) atoms. The van der Waals surface area contributed by atoms with E-state index >= 15 is 0 Å². The zero-order valence-corrected chi connectivity index (χ0v) is 17.7. The number of rotatable bonds is 8. The Kier molecular flexibility index (Phi) is 7.70. The summed E-state index contributed by atoms with van der Waals surface area (Å²) >= 11 is 3.51. The Hall–Kier alpha value is -1.81. The Bertz CT molecular complexity index is 756. The third-order valence-corrected chi connectivity index (χ3v) is 5.05. The summed E-state index contributed by atoms with van der Waals surface area (Å²) in [6, 6.07) is 12.2. The molecular formula is C22H28BrNO2. The molecule has 2 aromatic rings. The summed E-state index contributed by atoms with van der Waals surface area (Å²) in [5, 5.41) is 2.95. The average Bonchev–Trinajstić information content (AvgIpc) is 2.60. The van der Waals surface area contributed by atoms with Crippen molar-refractivity contribution in [3.8, 4) is 5.75 Å². The smallest absolute Gasteiger partial charge is 0.224 e. The zero-order valence-electron chi connectivity index (χ0n) is 16.1. The number of hydrogen-bond donors (Lipinski definition) is 1. The molecule has 1 N–H and O–H groups in total. The lowest BCUT2D eigenvalue weighted by atomic mass is 9.98. The molecule has 0 spiro atoms. The molecule has 0 aromatic heterocycles. The number of carbonyl (C=O) groups is 1. The summed E-state index contributed by atoms with van der Waals surface area (Å²) in [7, 11) is 0. The van der Waals surface area contributed by atoms with Crippen LogP contribution in [0.1, 0.15) is 56.2 Å². The van der Waals surface area contributed by atoms with Gasteiger partial charge in [0.05, 0.1) is 12.3 Å². The van der Waals surface area contributed by atoms with Gasteiger partial charge in [0.15, 0.2) is 0 Å². The number of hydrogen-bond acceptors (Lipinski definition) is 2. The quantitative estimate of drug-likeness (QED) is 0.516. The predicted octanol–water partition coefficient (Wildman–Crippen LogP) is 6.24. The van der Waals surface area contributed by atoms with E-state index in [2.05, 4.69) is 61.1 Å². The van der Waals surface area contributed by atoms with Gasteiger partial charge in [-0.1, -0.05) is 32.9 Å². The molecule has 0 fully saturated rings. The zero-order chi connectivity index (χ0) is 19.1. The highest BCUT2D eigenvalue weighted by molar-refractivity contribution is 9.10. The lowest BCUT2D eigenvalue weighted by Gasteiger charge is -2.12. The van der Waals surface area contributed by atoms with E-state index in [0.29, 0.717) is 25.4 Å². The van der Waals surface area contributed by atoms with Crippen molar-refractivity contribution in [2.24, 2.45) is 0 Å². The third kappa shape index (κ3) is 5.87. The number of carbonyl (C=O) groups excluding carboxylic acids is 1. The first-order valence-electron chi connectivity index (χ1n) is 9.22. The first kappa shape index (κ1) is 20.5. The summed E-state index contributed by atoms with van der Waals surface area (Å²) in [6.07, 6.45) is 2.09. The lowest BCUT2D eigenvalue weighted by molar-refractivity contribution is -0.116. The van der Waals surface area contributed by atoms with Gasteiger partial charge < -0.3 is 10.1 Å². The van der Waals surface area contributed by atoms with Crippen LogP contribution in [0.4, 0.5) is 5.69 Å². The number of nitrogens with one attached hydrogen (secondary N) is 1. The van der Waals surface area contributed by atoms with Crippen molar-refractivity contribution in [1.82, 2.24) is 0 Å². The maximum atomic E-state index is 12.1. The van der Waals surface area contributed by atoms with Crippen molar-refractivity contribution in [3.63, 3.8) is 0 Å². The van der Waals surface area contributed by atoms with Gasteiger partial charge in [-0.15, -0.1) is 0 Å². The van der Waals surface area contributed by atoms with Crippen LogP contribution in [-0.2, 0) is 11.2 Å². The minimum atomic E-state index is 0.00452. The van der Waals surface area contributed by atoms with Gasteiger partial charge >= 0.3 is 0 Å². The molecule has 0 aliphatic heterocycles. The van der Waals surface area contributed by atoms with Crippen LogP contribution in [0.2, 0.25) is 0 Å². The molecule has 3 nitrogen and oxygen atoms in total. The molecule has 0 saturated heterocycles. The summed E-state index contributed by atoms with van der Waals surface area (Å²) in [6.45, 7) is 9.13. The van der Waals surface area contributed by atoms with Crippen molar-refractivity contribution in [3.05, 3.63) is 57.6 Å². The maximum absolute atomic E-state index is 12.1. The third-order valence-electron chi connectivity index (χ3n) is 4.40. The van der Waals surface area contributed by atoms with Crippen molar-refractivity contribution < 1.29 is 9.53 Å². The molecule has 4 heteroatoms. The number of aryl methyl sites for hydroxylation is 2. The van der Waals surface area contributed by atoms with Crippen LogP contribution in [-0.4, -0.2) is 12.5 Å². The second kappa shape index (κ2) is 9.77. The van der Waals surface area contributed by atoms with Crippen molar-refractivity contribution in [2.75, 3.05) is 11.9 Å². The standard InChI is InChI=1S/C22H28BrNO2/c1-5-17-8-11-21(20(23)14-17)24-22(25)7-6-12-26-18-9-10-19(15(2)3)16(4)13-18/h8-11,13-15H,5-7,12H2,1-4H3,(H,24,25). The van der Waals surface area contributed by atoms with Crippen LogP contribution in [0, 0.1) is 6.92 Å². The maximum Gasteiger partial charge on any atom is 0.224 e. The molecule has 0 bridgehead atoms. The summed E-state index contributed by atoms with van der Waals surface area (Å²) in [5.74, 6) is 1.38. The van der Waals surface area contributed by atoms with E-state index in [9.17, 15) is 4.79 Å². The van der Waals surface area contributed by atoms with Gasteiger partial charge in [-0.2, -0.15) is 0 Å². The molecule has 0 aliphatic rings. The molecule has 0 aliphatic carbocycles. The second-order valence-electron chi connectivity index (χ2n) is 6.84. The molecule has 0 radical (unpaired) electrons. The molecule has 2 rings (SSSR count). The van der Waals surface area contributed by atoms with Gasteiger partial charge in [0.25, 0.3) is 0 Å². The molecule has 0 atom stereocenters. The van der Waals surface area contributed by atoms with Crippen molar-refractivity contribution >= 4 is 27.5 Å². The SMILES string of the molecule is CCc1ccc(NC(=O)CCCOc2ccc(C(C)C)c(C)c2)c(Br)c1. The van der Waals surface area contributed by atoms with Gasteiger partial charge in [-0.05, 0) is 82.6 Å². The minimum Gasteiger partial charge on any atom is -0.494 e. The first-order valence-corrected chi connectivity index (χ1v) is 10.0. The highest BCUT2D eigenvalue weighted by Crippen LogP contribution is 2.25. The Morgan fingerprint density at radius 2 is 1.96 bits per heavy atom. The van der Waals surface area contributed by atoms with Crippen molar-refractivity contribution in [2.45, 2.75) is 52.9 Å². The van der Waals surface area contributed by atoms with Crippen molar-refractivity contribution in [1.29, 1.82) is 0 Å². The van der Waals surface area contributed by atoms with E-state index in [0.717, 1.165) is 22.3 Å². The van der Waals surface area contributed by atoms with Gasteiger partial charge in [0.2, 0.25) is 5.91 Å². The van der Waals surface area contributed by atoms with Gasteiger partial charge in [0.1, 0.15) is 5.75 Å². The molecular weight excluding hydrogens is 390 g/mol. The molecule has 0 saturated carbocycles. The number of amides is 1. The van der Waals surface area contributed by atoms with E-state index in [1.807, 2.05) is 24.3 Å². The molecule has 0 heterocycles. The normalized spacial score (nSPS) is 10.8. The van der Waals surface area contributed by atoms with Gasteiger partial charge in [0, 0.05) is 10.9 Å². The van der Waals surface area contributed by atoms with Crippen LogP contribution >= 0.6 is 15.9 Å². The fourth-order valence-corrected chi connectivity index (χ4v) is 3.43. The van der Waals surface area contributed by atoms with Gasteiger partial charge in [-0.3, -0.25) is 4.79 Å². The topological polar surface area (TPSA) is 38.3 Å². The molecule has 2 aromatic carbocycles. The molecule has 0 unspecified atom stereocenters. The lowest BCUT2D eigenvalue weighted by Crippen LogP contribution is -2.13. The fourth-order valence-electron chi connectivity index (χ4n) is 2.90. The van der Waals surface area contributed by atoms with E-state index < -0.39 is 0 Å². The van der Waals surface area contributed by atoms with Crippen LogP contribution < -0.4 is 10.1 Å². The van der Waals surface area contributed by atoms with Crippen LogP contribution in [0.3, 0.4) is 0 Å². The number of anilines is 1. The largest absolute Gasteiger partial charge is 0.494 e. The fraction of sp³-hybridized carbons (Fsp3) is 0.409. The monoisotopic (exact) mass is 417 g/mol. The summed E-state index contributed by atoms with van der Waals surface area (Å²) < 4.78 is 6.71. The highest BCUT2D eigenvalue weighted by atomic mass is 79.9. The van der Waals surface area contributed by atoms with E-state index in [1.54, 1.807) is 0 Å². The van der Waals surface area contributed by atoms with Gasteiger partial charge in [-0.25, -0.2) is 0 Å². The predicted molar refractivity (Wildman–Crippen MR) is 112 cm³/mol. The summed E-state index contributed by atoms with van der Waals surface area (Å²) in [4.78, 5) is 12.1. The second-order valence-corrected chi connectivity index (χ2v) is 7.70. The number of ether oxygens (including phenoxy) is 1. The summed E-state index contributed by atoms with van der Waals surface area (Å²) in [5.41, 5.74) is 4.64.